The largest absolute Gasteiger partial charge is 0.367 e. The van der Waals surface area contributed by atoms with Crippen molar-refractivity contribution < 1.29 is 22.3 Å². The van der Waals surface area contributed by atoms with Crippen LogP contribution in [0.2, 0.25) is 0 Å². The maximum absolute atomic E-state index is 12.7. The molecule has 0 unspecified atom stereocenters. The summed E-state index contributed by atoms with van der Waals surface area (Å²) in [6, 6.07) is 0. The summed E-state index contributed by atoms with van der Waals surface area (Å²) < 4.78 is 53.9. The molecule has 0 atom stereocenters. The molecule has 0 fully saturated rings. The highest BCUT2D eigenvalue weighted by Crippen LogP contribution is 2.23. The molecule has 20 heavy (non-hydrogen) atoms. The number of rotatable bonds is 5. The molecule has 0 radical (unpaired) electrons. The van der Waals surface area contributed by atoms with Crippen LogP contribution in [0.4, 0.5) is 17.6 Å². The van der Waals surface area contributed by atoms with Crippen molar-refractivity contribution in [2.75, 3.05) is 13.2 Å². The quantitative estimate of drug-likeness (QED) is 0.842. The first-order valence-corrected chi connectivity index (χ1v) is 6.20. The van der Waals surface area contributed by atoms with Crippen LogP contribution in [0.5, 0.6) is 0 Å². The third-order valence-corrected chi connectivity index (χ3v) is 3.04. The van der Waals surface area contributed by atoms with Crippen molar-refractivity contribution in [3.63, 3.8) is 0 Å². The van der Waals surface area contributed by atoms with E-state index in [0.29, 0.717) is 6.54 Å². The number of hydrogen-bond acceptors (Lipinski definition) is 4. The molecule has 0 bridgehead atoms. The van der Waals surface area contributed by atoms with Crippen LogP contribution in [0.3, 0.4) is 0 Å². The molecule has 1 aliphatic rings. The van der Waals surface area contributed by atoms with E-state index >= 15 is 0 Å². The monoisotopic (exact) mass is 293 g/mol. The molecule has 0 amide bonds. The predicted octanol–water partition coefficient (Wildman–Crippen LogP) is 1.85. The number of aryl methyl sites for hydroxylation is 1. The van der Waals surface area contributed by atoms with Gasteiger partial charge in [-0.1, -0.05) is 0 Å². The molecule has 0 saturated heterocycles. The van der Waals surface area contributed by atoms with Crippen LogP contribution in [0, 0.1) is 6.92 Å². The Kier molecular flexibility index (Phi) is 4.54. The zero-order chi connectivity index (χ0) is 14.8. The smallest absolute Gasteiger partial charge is 0.330 e. The Morgan fingerprint density at radius 3 is 2.80 bits per heavy atom. The SMILES string of the molecule is Cc1nc(COCC(F)(F)C(F)F)nc2c1CCNC2. The van der Waals surface area contributed by atoms with Crippen LogP contribution in [-0.4, -0.2) is 35.5 Å². The highest BCUT2D eigenvalue weighted by molar-refractivity contribution is 5.27. The fraction of sp³-hybridized carbons (Fsp3) is 0.667. The normalized spacial score (nSPS) is 15.5. The van der Waals surface area contributed by atoms with E-state index in [2.05, 4.69) is 20.0 Å². The van der Waals surface area contributed by atoms with E-state index < -0.39 is 19.0 Å². The van der Waals surface area contributed by atoms with Crippen LogP contribution < -0.4 is 5.32 Å². The van der Waals surface area contributed by atoms with E-state index in [0.717, 1.165) is 29.9 Å². The van der Waals surface area contributed by atoms with Gasteiger partial charge in [-0.15, -0.1) is 0 Å². The van der Waals surface area contributed by atoms with Gasteiger partial charge in [0.1, 0.15) is 13.2 Å². The van der Waals surface area contributed by atoms with Gasteiger partial charge in [0.25, 0.3) is 0 Å². The molecular weight excluding hydrogens is 278 g/mol. The number of fused-ring (bicyclic) bond motifs is 1. The summed E-state index contributed by atoms with van der Waals surface area (Å²) in [5.74, 6) is -3.92. The van der Waals surface area contributed by atoms with Gasteiger partial charge in [0.05, 0.1) is 5.69 Å². The van der Waals surface area contributed by atoms with Crippen molar-refractivity contribution in [3.8, 4) is 0 Å². The molecule has 0 spiro atoms. The van der Waals surface area contributed by atoms with Crippen molar-refractivity contribution in [1.82, 2.24) is 15.3 Å². The van der Waals surface area contributed by atoms with Crippen molar-refractivity contribution in [3.05, 3.63) is 22.8 Å². The number of nitrogens with zero attached hydrogens (tertiary/aromatic N) is 2. The molecule has 8 heteroatoms. The van der Waals surface area contributed by atoms with E-state index in [1.807, 2.05) is 6.92 Å². The summed E-state index contributed by atoms with van der Waals surface area (Å²) in [5.41, 5.74) is 2.63. The van der Waals surface area contributed by atoms with Gasteiger partial charge in [0.2, 0.25) is 0 Å². The number of hydrogen-bond donors (Lipinski definition) is 1. The minimum absolute atomic E-state index is 0.231. The van der Waals surface area contributed by atoms with E-state index in [9.17, 15) is 17.6 Å². The molecule has 2 heterocycles. The average molecular weight is 293 g/mol. The first-order chi connectivity index (χ1) is 9.40. The lowest BCUT2D eigenvalue weighted by molar-refractivity contribution is -0.168. The van der Waals surface area contributed by atoms with Gasteiger partial charge in [-0.25, -0.2) is 18.7 Å². The lowest BCUT2D eigenvalue weighted by atomic mass is 10.1. The van der Waals surface area contributed by atoms with Crippen molar-refractivity contribution in [1.29, 1.82) is 0 Å². The van der Waals surface area contributed by atoms with Gasteiger partial charge in [-0.05, 0) is 25.5 Å². The van der Waals surface area contributed by atoms with Gasteiger partial charge in [0.15, 0.2) is 5.82 Å². The fourth-order valence-electron chi connectivity index (χ4n) is 2.02. The Balaban J connectivity index is 1.99. The van der Waals surface area contributed by atoms with Crippen LogP contribution >= 0.6 is 0 Å². The van der Waals surface area contributed by atoms with E-state index in [-0.39, 0.29) is 12.4 Å². The van der Waals surface area contributed by atoms with Crippen molar-refractivity contribution in [2.45, 2.75) is 38.8 Å². The first kappa shape index (κ1) is 15.1. The second-order valence-corrected chi connectivity index (χ2v) is 4.63. The third-order valence-electron chi connectivity index (χ3n) is 3.04. The maximum atomic E-state index is 12.7. The zero-order valence-corrected chi connectivity index (χ0v) is 10.9. The number of nitrogens with one attached hydrogen (secondary N) is 1. The molecule has 4 nitrogen and oxygen atoms in total. The predicted molar refractivity (Wildman–Crippen MR) is 62.8 cm³/mol. The number of alkyl halides is 4. The lowest BCUT2D eigenvalue weighted by Gasteiger charge is -2.19. The topological polar surface area (TPSA) is 47.0 Å². The molecular formula is C12H15F4N3O. The number of aromatic nitrogens is 2. The van der Waals surface area contributed by atoms with Crippen LogP contribution in [0.1, 0.15) is 22.8 Å². The summed E-state index contributed by atoms with van der Waals surface area (Å²) in [4.78, 5) is 8.36. The first-order valence-electron chi connectivity index (χ1n) is 6.20. The van der Waals surface area contributed by atoms with Crippen molar-refractivity contribution in [2.24, 2.45) is 0 Å². The Hall–Kier alpha value is -1.28. The van der Waals surface area contributed by atoms with Crippen LogP contribution in [0.25, 0.3) is 0 Å². The van der Waals surface area contributed by atoms with Gasteiger partial charge in [-0.2, -0.15) is 8.78 Å². The second-order valence-electron chi connectivity index (χ2n) is 4.63. The summed E-state index contributed by atoms with van der Waals surface area (Å²) in [7, 11) is 0. The Morgan fingerprint density at radius 2 is 2.10 bits per heavy atom. The Labute approximate surface area is 113 Å². The standard InChI is InChI=1S/C12H15F4N3O/c1-7-8-2-3-17-4-9(8)19-10(18-7)5-20-6-12(15,16)11(13)14/h11,17H,2-6H2,1H3. The van der Waals surface area contributed by atoms with Crippen LogP contribution in [0.15, 0.2) is 0 Å². The number of ether oxygens (including phenoxy) is 1. The maximum Gasteiger partial charge on any atom is 0.330 e. The molecule has 1 aromatic heterocycles. The Morgan fingerprint density at radius 1 is 1.35 bits per heavy atom. The third kappa shape index (κ3) is 3.43. The van der Waals surface area contributed by atoms with Gasteiger partial charge in [0, 0.05) is 12.2 Å². The molecule has 0 saturated carbocycles. The minimum Gasteiger partial charge on any atom is -0.367 e. The summed E-state index contributed by atoms with van der Waals surface area (Å²) in [6.07, 6.45) is -2.93. The van der Waals surface area contributed by atoms with Gasteiger partial charge >= 0.3 is 12.3 Å². The minimum atomic E-state index is -4.15. The summed E-state index contributed by atoms with van der Waals surface area (Å²) in [6.45, 7) is 1.58. The van der Waals surface area contributed by atoms with E-state index in [1.165, 1.54) is 0 Å². The highest BCUT2D eigenvalue weighted by Gasteiger charge is 2.41. The fourth-order valence-corrected chi connectivity index (χ4v) is 2.02. The average Bonchev–Trinajstić information content (AvgIpc) is 2.38. The number of halogens is 4. The molecule has 1 N–H and O–H groups in total. The molecule has 112 valence electrons. The second kappa shape index (κ2) is 6.01. The molecule has 2 rings (SSSR count). The van der Waals surface area contributed by atoms with Crippen molar-refractivity contribution >= 4 is 0 Å². The molecule has 1 aromatic rings. The Bertz CT molecular complexity index is 482. The van der Waals surface area contributed by atoms with Crippen LogP contribution in [-0.2, 0) is 24.3 Å². The summed E-state index contributed by atoms with van der Waals surface area (Å²) >= 11 is 0. The molecule has 0 aromatic carbocycles. The van der Waals surface area contributed by atoms with E-state index in [4.69, 9.17) is 0 Å². The highest BCUT2D eigenvalue weighted by atomic mass is 19.3. The lowest BCUT2D eigenvalue weighted by Crippen LogP contribution is -2.32. The molecule has 0 aliphatic carbocycles. The van der Waals surface area contributed by atoms with Gasteiger partial charge < -0.3 is 10.1 Å². The molecule has 1 aliphatic heterocycles. The van der Waals surface area contributed by atoms with Gasteiger partial charge in [-0.3, -0.25) is 0 Å². The zero-order valence-electron chi connectivity index (χ0n) is 10.9. The van der Waals surface area contributed by atoms with E-state index in [1.54, 1.807) is 0 Å². The summed E-state index contributed by atoms with van der Waals surface area (Å²) in [5, 5.41) is 3.14.